The van der Waals surface area contributed by atoms with Crippen LogP contribution in [-0.4, -0.2) is 16.4 Å². The Labute approximate surface area is 150 Å². The van der Waals surface area contributed by atoms with Crippen LogP contribution in [0.25, 0.3) is 11.3 Å². The molecule has 0 radical (unpaired) electrons. The van der Waals surface area contributed by atoms with Crippen LogP contribution in [0.4, 0.5) is 10.5 Å². The van der Waals surface area contributed by atoms with Gasteiger partial charge in [0.1, 0.15) is 11.4 Å². The van der Waals surface area contributed by atoms with Crippen molar-refractivity contribution in [1.82, 2.24) is 5.16 Å². The predicted molar refractivity (Wildman–Crippen MR) is 97.0 cm³/mol. The fraction of sp³-hybridized carbons (Fsp3) is 0.158. The summed E-state index contributed by atoms with van der Waals surface area (Å²) in [7, 11) is 0. The zero-order chi connectivity index (χ0) is 18.0. The van der Waals surface area contributed by atoms with Crippen molar-refractivity contribution in [3.63, 3.8) is 0 Å². The van der Waals surface area contributed by atoms with E-state index in [0.29, 0.717) is 27.7 Å². The second kappa shape index (κ2) is 6.99. The quantitative estimate of drug-likeness (QED) is 0.665. The first kappa shape index (κ1) is 17.0. The van der Waals surface area contributed by atoms with Gasteiger partial charge in [0.25, 0.3) is 0 Å². The number of nitrogens with zero attached hydrogens (tertiary/aromatic N) is 2. The van der Waals surface area contributed by atoms with E-state index in [2.05, 4.69) is 5.16 Å². The van der Waals surface area contributed by atoms with Crippen LogP contribution in [-0.2, 0) is 0 Å². The summed E-state index contributed by atoms with van der Waals surface area (Å²) in [5, 5.41) is 14.5. The molecule has 3 rings (SSSR count). The Morgan fingerprint density at radius 3 is 2.44 bits per heavy atom. The van der Waals surface area contributed by atoms with E-state index in [1.807, 2.05) is 48.5 Å². The summed E-state index contributed by atoms with van der Waals surface area (Å²) in [6, 6.07) is 16.0. The fourth-order valence-corrected chi connectivity index (χ4v) is 3.14. The van der Waals surface area contributed by atoms with Gasteiger partial charge in [-0.1, -0.05) is 65.3 Å². The Bertz CT molecular complexity index is 893. The molecule has 0 bridgehead atoms. The Morgan fingerprint density at radius 1 is 1.16 bits per heavy atom. The highest BCUT2D eigenvalue weighted by Gasteiger charge is 2.31. The number of carboxylic acid groups (broad SMARTS) is 1. The van der Waals surface area contributed by atoms with Gasteiger partial charge in [-0.25, -0.2) is 4.79 Å². The first-order valence-electron chi connectivity index (χ1n) is 7.79. The summed E-state index contributed by atoms with van der Waals surface area (Å²) in [5.41, 5.74) is 2.41. The molecule has 1 amide bonds. The molecule has 0 spiro atoms. The van der Waals surface area contributed by atoms with Crippen LogP contribution in [0, 0.1) is 6.92 Å². The summed E-state index contributed by atoms with van der Waals surface area (Å²) in [4.78, 5) is 13.3. The van der Waals surface area contributed by atoms with Crippen LogP contribution in [0.2, 0.25) is 5.02 Å². The minimum atomic E-state index is -1.10. The normalized spacial score (nSPS) is 12.0. The Balaban J connectivity index is 2.13. The molecule has 0 fully saturated rings. The van der Waals surface area contributed by atoms with Gasteiger partial charge < -0.3 is 9.63 Å². The van der Waals surface area contributed by atoms with E-state index in [0.717, 1.165) is 5.56 Å². The molecule has 6 heteroatoms. The molecule has 1 heterocycles. The second-order valence-electron chi connectivity index (χ2n) is 5.65. The lowest BCUT2D eigenvalue weighted by atomic mass is 10.0. The average Bonchev–Trinajstić information content (AvgIpc) is 2.97. The van der Waals surface area contributed by atoms with Crippen molar-refractivity contribution in [2.24, 2.45) is 0 Å². The third-order valence-electron chi connectivity index (χ3n) is 4.07. The molecule has 128 valence electrons. The van der Waals surface area contributed by atoms with E-state index >= 15 is 0 Å². The van der Waals surface area contributed by atoms with Gasteiger partial charge in [0.05, 0.1) is 6.04 Å². The highest BCUT2D eigenvalue weighted by Crippen LogP contribution is 2.39. The lowest BCUT2D eigenvalue weighted by molar-refractivity contribution is 0.199. The van der Waals surface area contributed by atoms with Crippen LogP contribution >= 0.6 is 11.6 Å². The molecule has 2 aromatic carbocycles. The molecule has 3 aromatic rings. The number of benzene rings is 2. The fourth-order valence-electron chi connectivity index (χ4n) is 2.84. The van der Waals surface area contributed by atoms with Gasteiger partial charge in [-0.15, -0.1) is 0 Å². The number of hydrogen-bond donors (Lipinski definition) is 1. The Hall–Kier alpha value is -2.79. The van der Waals surface area contributed by atoms with E-state index < -0.39 is 12.1 Å². The molecular formula is C19H17ClN2O3. The van der Waals surface area contributed by atoms with Crippen molar-refractivity contribution in [3.8, 4) is 11.3 Å². The number of aryl methyl sites for hydroxylation is 1. The lowest BCUT2D eigenvalue weighted by Gasteiger charge is -2.27. The summed E-state index contributed by atoms with van der Waals surface area (Å²) in [5.74, 6) is 0.431. The summed E-state index contributed by atoms with van der Waals surface area (Å²) in [6.07, 6.45) is -1.10. The van der Waals surface area contributed by atoms with Gasteiger partial charge in [0.2, 0.25) is 0 Å². The van der Waals surface area contributed by atoms with E-state index in [-0.39, 0.29) is 0 Å². The van der Waals surface area contributed by atoms with E-state index in [9.17, 15) is 9.90 Å². The molecule has 0 aliphatic heterocycles. The molecule has 5 nitrogen and oxygen atoms in total. The van der Waals surface area contributed by atoms with Crippen LogP contribution in [0.1, 0.15) is 24.3 Å². The Morgan fingerprint density at radius 2 is 1.80 bits per heavy atom. The largest absolute Gasteiger partial charge is 0.465 e. The number of hydrogen-bond acceptors (Lipinski definition) is 3. The average molecular weight is 357 g/mol. The van der Waals surface area contributed by atoms with Gasteiger partial charge >= 0.3 is 6.09 Å². The molecule has 1 unspecified atom stereocenters. The highest BCUT2D eigenvalue weighted by molar-refractivity contribution is 6.31. The van der Waals surface area contributed by atoms with E-state index in [4.69, 9.17) is 16.1 Å². The first-order chi connectivity index (χ1) is 12.0. The predicted octanol–water partition coefficient (Wildman–Crippen LogP) is 5.55. The third-order valence-corrected chi connectivity index (χ3v) is 4.41. The number of halogens is 1. The lowest BCUT2D eigenvalue weighted by Crippen LogP contribution is -2.33. The van der Waals surface area contributed by atoms with Crippen molar-refractivity contribution in [1.29, 1.82) is 0 Å². The van der Waals surface area contributed by atoms with Crippen LogP contribution in [0.3, 0.4) is 0 Å². The molecule has 1 atom stereocenters. The molecule has 0 aliphatic carbocycles. The number of rotatable bonds is 4. The Kier molecular flexibility index (Phi) is 4.76. The first-order valence-corrected chi connectivity index (χ1v) is 8.16. The van der Waals surface area contributed by atoms with Gasteiger partial charge in [-0.05, 0) is 25.5 Å². The molecule has 25 heavy (non-hydrogen) atoms. The van der Waals surface area contributed by atoms with Gasteiger partial charge in [-0.2, -0.15) is 0 Å². The van der Waals surface area contributed by atoms with E-state index in [1.165, 1.54) is 4.90 Å². The minimum absolute atomic E-state index is 0.422. The van der Waals surface area contributed by atoms with Crippen LogP contribution in [0.5, 0.6) is 0 Å². The number of carbonyl (C=O) groups is 1. The topological polar surface area (TPSA) is 66.6 Å². The van der Waals surface area contributed by atoms with Crippen molar-refractivity contribution in [2.75, 3.05) is 4.90 Å². The SMILES string of the molecule is Cc1onc(-c2ccccc2)c1N(C(=O)O)C(C)c1ccccc1Cl. The van der Waals surface area contributed by atoms with Crippen molar-refractivity contribution < 1.29 is 14.4 Å². The molecule has 1 aromatic heterocycles. The maximum atomic E-state index is 12.1. The summed E-state index contributed by atoms with van der Waals surface area (Å²) < 4.78 is 5.31. The molecule has 0 saturated carbocycles. The van der Waals surface area contributed by atoms with Crippen LogP contribution in [0.15, 0.2) is 59.1 Å². The molecule has 1 N–H and O–H groups in total. The smallest absolute Gasteiger partial charge is 0.412 e. The highest BCUT2D eigenvalue weighted by atomic mass is 35.5. The standard InChI is InChI=1S/C19H17ClN2O3/c1-12(15-10-6-7-11-16(15)20)22(19(23)24)18-13(2)25-21-17(18)14-8-4-3-5-9-14/h3-12H,1-2H3,(H,23,24). The zero-order valence-electron chi connectivity index (χ0n) is 13.8. The molecule has 0 aliphatic rings. The maximum Gasteiger partial charge on any atom is 0.412 e. The summed E-state index contributed by atoms with van der Waals surface area (Å²) >= 11 is 6.27. The molecule has 0 saturated heterocycles. The van der Waals surface area contributed by atoms with Crippen molar-refractivity contribution >= 4 is 23.4 Å². The number of anilines is 1. The van der Waals surface area contributed by atoms with E-state index in [1.54, 1.807) is 19.9 Å². The third kappa shape index (κ3) is 3.23. The maximum absolute atomic E-state index is 12.1. The molecular weight excluding hydrogens is 340 g/mol. The van der Waals surface area contributed by atoms with Gasteiger partial charge in [0, 0.05) is 10.6 Å². The summed E-state index contributed by atoms with van der Waals surface area (Å²) in [6.45, 7) is 3.49. The van der Waals surface area contributed by atoms with Crippen molar-refractivity contribution in [2.45, 2.75) is 19.9 Å². The minimum Gasteiger partial charge on any atom is -0.465 e. The van der Waals surface area contributed by atoms with Crippen LogP contribution < -0.4 is 4.90 Å². The second-order valence-corrected chi connectivity index (χ2v) is 6.06. The zero-order valence-corrected chi connectivity index (χ0v) is 14.6. The monoisotopic (exact) mass is 356 g/mol. The van der Waals surface area contributed by atoms with Gasteiger partial charge in [-0.3, -0.25) is 4.90 Å². The van der Waals surface area contributed by atoms with Gasteiger partial charge in [0.15, 0.2) is 5.76 Å². The van der Waals surface area contributed by atoms with Crippen molar-refractivity contribution in [3.05, 3.63) is 70.9 Å². The number of amides is 1. The number of aromatic nitrogens is 1.